The first-order chi connectivity index (χ1) is 17.4. The number of piperidine rings is 1. The molecule has 2 heterocycles. The van der Waals surface area contributed by atoms with E-state index >= 15 is 0 Å². The van der Waals surface area contributed by atoms with Gasteiger partial charge >= 0.3 is 6.18 Å². The summed E-state index contributed by atoms with van der Waals surface area (Å²) in [4.78, 5) is 32.6. The molecule has 1 amide bonds. The lowest BCUT2D eigenvalue weighted by Gasteiger charge is -2.31. The topological polar surface area (TPSA) is 127 Å². The predicted molar refractivity (Wildman–Crippen MR) is 132 cm³/mol. The second-order valence-corrected chi connectivity index (χ2v) is 9.35. The largest absolute Gasteiger partial charge is 0.416 e. The van der Waals surface area contributed by atoms with Crippen molar-refractivity contribution in [3.8, 4) is 0 Å². The molecule has 3 aromatic rings. The van der Waals surface area contributed by atoms with Crippen LogP contribution in [0.25, 0.3) is 10.9 Å². The minimum atomic E-state index is -4.72. The van der Waals surface area contributed by atoms with Crippen LogP contribution in [0.3, 0.4) is 0 Å². The Bertz CT molecular complexity index is 1340. The SMILES string of the molecule is Cc1nc(NC(C)c2cc([N+](=O)[O-])cc(C(F)(F)F)c2)c2cc(C3CCN(CC(N)=O)CC3)ccc2n1. The fraction of sp³-hybridized carbons (Fsp3) is 0.400. The Morgan fingerprint density at radius 2 is 1.92 bits per heavy atom. The second-order valence-electron chi connectivity index (χ2n) is 9.35. The number of likely N-dealkylation sites (tertiary alicyclic amines) is 1. The van der Waals surface area contributed by atoms with Crippen LogP contribution in [0.1, 0.15) is 54.2 Å². The summed E-state index contributed by atoms with van der Waals surface area (Å²) in [5.74, 6) is 0.812. The molecule has 1 unspecified atom stereocenters. The quantitative estimate of drug-likeness (QED) is 0.344. The Hall–Kier alpha value is -3.80. The van der Waals surface area contributed by atoms with Gasteiger partial charge in [0, 0.05) is 17.5 Å². The number of carbonyl (C=O) groups excluding carboxylic acids is 1. The molecule has 2 aromatic carbocycles. The van der Waals surface area contributed by atoms with Gasteiger partial charge in [-0.05, 0) is 75.0 Å². The summed E-state index contributed by atoms with van der Waals surface area (Å²) in [5, 5.41) is 15.1. The lowest BCUT2D eigenvalue weighted by atomic mass is 9.88. The van der Waals surface area contributed by atoms with Crippen LogP contribution in [-0.2, 0) is 11.0 Å². The lowest BCUT2D eigenvalue weighted by molar-refractivity contribution is -0.385. The number of aromatic nitrogens is 2. The van der Waals surface area contributed by atoms with Gasteiger partial charge in [0.1, 0.15) is 11.6 Å². The summed E-state index contributed by atoms with van der Waals surface area (Å²) >= 11 is 0. The number of nitro benzene ring substituents is 1. The number of nitro groups is 1. The van der Waals surface area contributed by atoms with E-state index in [9.17, 15) is 28.1 Å². The molecule has 1 atom stereocenters. The Balaban J connectivity index is 1.64. The molecule has 1 aliphatic heterocycles. The Morgan fingerprint density at radius 1 is 1.22 bits per heavy atom. The number of halogens is 3. The fourth-order valence-electron chi connectivity index (χ4n) is 4.71. The zero-order chi connectivity index (χ0) is 26.9. The van der Waals surface area contributed by atoms with Gasteiger partial charge in [-0.3, -0.25) is 19.8 Å². The van der Waals surface area contributed by atoms with E-state index < -0.39 is 28.4 Å². The van der Waals surface area contributed by atoms with Crippen LogP contribution >= 0.6 is 0 Å². The molecule has 0 spiro atoms. The lowest BCUT2D eigenvalue weighted by Crippen LogP contribution is -2.39. The van der Waals surface area contributed by atoms with Crippen LogP contribution in [0.2, 0.25) is 0 Å². The normalized spacial score (nSPS) is 16.0. The van der Waals surface area contributed by atoms with Gasteiger partial charge in [0.2, 0.25) is 5.91 Å². The van der Waals surface area contributed by atoms with Crippen LogP contribution in [-0.4, -0.2) is 45.3 Å². The highest BCUT2D eigenvalue weighted by molar-refractivity contribution is 5.90. The minimum absolute atomic E-state index is 0.115. The highest BCUT2D eigenvalue weighted by Gasteiger charge is 2.33. The number of fused-ring (bicyclic) bond motifs is 1. The maximum atomic E-state index is 13.4. The third-order valence-corrected chi connectivity index (χ3v) is 6.60. The van der Waals surface area contributed by atoms with E-state index in [0.29, 0.717) is 28.6 Å². The number of amides is 1. The number of aryl methyl sites for hydroxylation is 1. The van der Waals surface area contributed by atoms with E-state index in [2.05, 4.69) is 15.3 Å². The third-order valence-electron chi connectivity index (χ3n) is 6.60. The molecule has 0 saturated carbocycles. The Kier molecular flexibility index (Phi) is 7.30. The number of nitrogens with zero attached hydrogens (tertiary/aromatic N) is 4. The number of anilines is 1. The first kappa shape index (κ1) is 26.3. The fourth-order valence-corrected chi connectivity index (χ4v) is 4.71. The average molecular weight is 517 g/mol. The van der Waals surface area contributed by atoms with Crippen molar-refractivity contribution in [2.75, 3.05) is 25.0 Å². The number of rotatable bonds is 7. The van der Waals surface area contributed by atoms with Crippen molar-refractivity contribution in [1.29, 1.82) is 0 Å². The molecule has 1 saturated heterocycles. The number of primary amides is 1. The third kappa shape index (κ3) is 6.13. The predicted octanol–water partition coefficient (Wildman–Crippen LogP) is 4.70. The average Bonchev–Trinajstić information content (AvgIpc) is 2.83. The maximum Gasteiger partial charge on any atom is 0.416 e. The van der Waals surface area contributed by atoms with Crippen LogP contribution in [0.15, 0.2) is 36.4 Å². The number of carbonyl (C=O) groups is 1. The second kappa shape index (κ2) is 10.3. The Morgan fingerprint density at radius 3 is 2.54 bits per heavy atom. The molecule has 0 aliphatic carbocycles. The smallest absolute Gasteiger partial charge is 0.369 e. The summed E-state index contributed by atoms with van der Waals surface area (Å²) < 4.78 is 40.1. The highest BCUT2D eigenvalue weighted by Crippen LogP contribution is 2.36. The van der Waals surface area contributed by atoms with Gasteiger partial charge in [0.05, 0.1) is 28.6 Å². The van der Waals surface area contributed by atoms with Crippen LogP contribution in [0.5, 0.6) is 0 Å². The number of nitrogens with one attached hydrogen (secondary N) is 1. The number of non-ortho nitro benzene ring substituents is 1. The first-order valence-corrected chi connectivity index (χ1v) is 11.8. The van der Waals surface area contributed by atoms with Crippen LogP contribution in [0, 0.1) is 17.0 Å². The minimum Gasteiger partial charge on any atom is -0.369 e. The van der Waals surface area contributed by atoms with Gasteiger partial charge in [-0.1, -0.05) is 6.07 Å². The highest BCUT2D eigenvalue weighted by atomic mass is 19.4. The molecule has 4 rings (SSSR count). The number of benzene rings is 2. The van der Waals surface area contributed by atoms with Crippen molar-refractivity contribution in [3.05, 3.63) is 69.0 Å². The summed E-state index contributed by atoms with van der Waals surface area (Å²) in [6.07, 6.45) is -3.03. The van der Waals surface area contributed by atoms with Crippen molar-refractivity contribution >= 4 is 28.3 Å². The van der Waals surface area contributed by atoms with E-state index in [-0.39, 0.29) is 23.9 Å². The van der Waals surface area contributed by atoms with E-state index in [4.69, 9.17) is 5.73 Å². The van der Waals surface area contributed by atoms with Crippen molar-refractivity contribution in [3.63, 3.8) is 0 Å². The van der Waals surface area contributed by atoms with Gasteiger partial charge in [0.25, 0.3) is 5.69 Å². The molecule has 1 aromatic heterocycles. The van der Waals surface area contributed by atoms with Crippen LogP contribution in [0.4, 0.5) is 24.7 Å². The molecule has 12 heteroatoms. The zero-order valence-electron chi connectivity index (χ0n) is 20.4. The summed E-state index contributed by atoms with van der Waals surface area (Å²) in [6, 6.07) is 7.74. The molecule has 0 radical (unpaired) electrons. The van der Waals surface area contributed by atoms with Gasteiger partial charge in [-0.2, -0.15) is 13.2 Å². The number of hydrogen-bond acceptors (Lipinski definition) is 7. The molecule has 196 valence electrons. The van der Waals surface area contributed by atoms with Gasteiger partial charge in [-0.15, -0.1) is 0 Å². The zero-order valence-corrected chi connectivity index (χ0v) is 20.4. The van der Waals surface area contributed by atoms with Gasteiger partial charge in [0.15, 0.2) is 0 Å². The molecule has 37 heavy (non-hydrogen) atoms. The van der Waals surface area contributed by atoms with E-state index in [1.54, 1.807) is 13.8 Å². The Labute approximate surface area is 211 Å². The number of hydrogen-bond donors (Lipinski definition) is 2. The number of alkyl halides is 3. The van der Waals surface area contributed by atoms with Crippen LogP contribution < -0.4 is 11.1 Å². The first-order valence-electron chi connectivity index (χ1n) is 11.8. The maximum absolute atomic E-state index is 13.4. The molecule has 1 aliphatic rings. The summed E-state index contributed by atoms with van der Waals surface area (Å²) in [6.45, 7) is 5.06. The monoisotopic (exact) mass is 516 g/mol. The van der Waals surface area contributed by atoms with E-state index in [1.807, 2.05) is 23.1 Å². The van der Waals surface area contributed by atoms with Crippen molar-refractivity contribution in [1.82, 2.24) is 14.9 Å². The molecule has 0 bridgehead atoms. The number of nitrogens with two attached hydrogens (primary N) is 1. The van der Waals surface area contributed by atoms with Gasteiger partial charge < -0.3 is 11.1 Å². The molecule has 3 N–H and O–H groups in total. The standard InChI is InChI=1S/C25H27F3N6O3/c1-14(18-9-19(25(26,27)28)12-20(10-18)34(36)37)30-24-21-11-17(3-4-22(21)31-15(2)32-24)16-5-7-33(8-6-16)13-23(29)35/h3-4,9-12,14,16H,5-8,13H2,1-2H3,(H2,29,35)(H,30,31,32). The molecular weight excluding hydrogens is 489 g/mol. The van der Waals surface area contributed by atoms with Crippen molar-refractivity contribution in [2.45, 2.75) is 44.8 Å². The van der Waals surface area contributed by atoms with E-state index in [0.717, 1.165) is 43.6 Å². The summed E-state index contributed by atoms with van der Waals surface area (Å²) in [7, 11) is 0. The molecule has 1 fully saturated rings. The van der Waals surface area contributed by atoms with Gasteiger partial charge in [-0.25, -0.2) is 9.97 Å². The summed E-state index contributed by atoms with van der Waals surface area (Å²) in [5.41, 5.74) is 5.45. The van der Waals surface area contributed by atoms with E-state index in [1.165, 1.54) is 0 Å². The van der Waals surface area contributed by atoms with Crippen molar-refractivity contribution < 1.29 is 22.9 Å². The molecular formula is C25H27F3N6O3. The van der Waals surface area contributed by atoms with Crippen molar-refractivity contribution in [2.24, 2.45) is 5.73 Å². The molecule has 9 nitrogen and oxygen atoms in total.